The zero-order valence-corrected chi connectivity index (χ0v) is 23.1. The average molecular weight is 555 g/mol. The third-order valence-electron chi connectivity index (χ3n) is 6.23. The van der Waals surface area contributed by atoms with Crippen LogP contribution in [0, 0.1) is 0 Å². The SMILES string of the molecule is C=C/C(C)=C1/NC(c2ccccc2Cl)=CC(=NCc2ccc(CNC(=O)c3ccc(NC(C)=O)cc3)cc2)N1N. The Labute approximate surface area is 238 Å². The summed E-state index contributed by atoms with van der Waals surface area (Å²) in [5.41, 5.74) is 5.59. The van der Waals surface area contributed by atoms with Crippen LogP contribution in [0.5, 0.6) is 0 Å². The molecular weight excluding hydrogens is 524 g/mol. The van der Waals surface area contributed by atoms with Crippen molar-refractivity contribution in [1.29, 1.82) is 0 Å². The number of amidine groups is 1. The molecule has 3 aromatic rings. The Morgan fingerprint density at radius 3 is 2.35 bits per heavy atom. The number of anilines is 1. The second kappa shape index (κ2) is 12.9. The van der Waals surface area contributed by atoms with Gasteiger partial charge in [0.15, 0.2) is 0 Å². The first kappa shape index (κ1) is 28.4. The molecule has 9 heteroatoms. The highest BCUT2D eigenvalue weighted by Gasteiger charge is 2.22. The molecular formula is C31H31ClN6O2. The highest BCUT2D eigenvalue weighted by Crippen LogP contribution is 2.27. The fourth-order valence-corrected chi connectivity index (χ4v) is 4.23. The van der Waals surface area contributed by atoms with Gasteiger partial charge in [-0.2, -0.15) is 0 Å². The topological polar surface area (TPSA) is 112 Å². The van der Waals surface area contributed by atoms with Gasteiger partial charge in [0, 0.05) is 41.4 Å². The van der Waals surface area contributed by atoms with E-state index in [4.69, 9.17) is 22.4 Å². The van der Waals surface area contributed by atoms with Crippen LogP contribution < -0.4 is 21.8 Å². The molecule has 0 aromatic heterocycles. The van der Waals surface area contributed by atoms with Crippen molar-refractivity contribution in [3.8, 4) is 0 Å². The van der Waals surface area contributed by atoms with Gasteiger partial charge in [-0.05, 0) is 54.0 Å². The fraction of sp³-hybridized carbons (Fsp3) is 0.129. The second-order valence-corrected chi connectivity index (χ2v) is 9.61. The number of hydrogen-bond acceptors (Lipinski definition) is 5. The molecule has 4 rings (SSSR count). The minimum Gasteiger partial charge on any atom is -0.348 e. The highest BCUT2D eigenvalue weighted by molar-refractivity contribution is 6.32. The number of halogens is 1. The zero-order valence-electron chi connectivity index (χ0n) is 22.4. The summed E-state index contributed by atoms with van der Waals surface area (Å²) in [5, 5.41) is 11.1. The van der Waals surface area contributed by atoms with E-state index in [2.05, 4.69) is 22.5 Å². The summed E-state index contributed by atoms with van der Waals surface area (Å²) in [6.07, 6.45) is 3.60. The maximum absolute atomic E-state index is 12.5. The number of rotatable bonds is 8. The Morgan fingerprint density at radius 2 is 1.70 bits per heavy atom. The zero-order chi connectivity index (χ0) is 28.6. The third-order valence-corrected chi connectivity index (χ3v) is 6.55. The van der Waals surface area contributed by atoms with E-state index in [1.807, 2.05) is 61.5 Å². The van der Waals surface area contributed by atoms with Crippen LogP contribution in [0.25, 0.3) is 5.70 Å². The lowest BCUT2D eigenvalue weighted by atomic mass is 10.1. The van der Waals surface area contributed by atoms with Crippen LogP contribution in [0.3, 0.4) is 0 Å². The number of amides is 2. The van der Waals surface area contributed by atoms with Crippen molar-refractivity contribution in [2.75, 3.05) is 5.32 Å². The smallest absolute Gasteiger partial charge is 0.251 e. The van der Waals surface area contributed by atoms with Crippen LogP contribution in [0.15, 0.2) is 108 Å². The van der Waals surface area contributed by atoms with Crippen molar-refractivity contribution in [3.05, 3.63) is 130 Å². The van der Waals surface area contributed by atoms with Gasteiger partial charge >= 0.3 is 0 Å². The molecule has 204 valence electrons. The largest absolute Gasteiger partial charge is 0.348 e. The molecule has 1 aliphatic heterocycles. The Balaban J connectivity index is 1.43. The van der Waals surface area contributed by atoms with Gasteiger partial charge in [-0.1, -0.05) is 66.7 Å². The first-order valence-corrected chi connectivity index (χ1v) is 13.0. The van der Waals surface area contributed by atoms with Gasteiger partial charge in [0.1, 0.15) is 11.7 Å². The number of allylic oxidation sites excluding steroid dienone is 2. The van der Waals surface area contributed by atoms with E-state index < -0.39 is 0 Å². The first-order valence-electron chi connectivity index (χ1n) is 12.6. The van der Waals surface area contributed by atoms with Crippen LogP contribution in [0.1, 0.15) is 40.9 Å². The Morgan fingerprint density at radius 1 is 1.02 bits per heavy atom. The third kappa shape index (κ3) is 7.05. The summed E-state index contributed by atoms with van der Waals surface area (Å²) in [6.45, 7) is 8.00. The lowest BCUT2D eigenvalue weighted by Crippen LogP contribution is -2.45. The molecule has 0 bridgehead atoms. The van der Waals surface area contributed by atoms with Crippen LogP contribution in [-0.2, 0) is 17.9 Å². The highest BCUT2D eigenvalue weighted by atomic mass is 35.5. The second-order valence-electron chi connectivity index (χ2n) is 9.20. The summed E-state index contributed by atoms with van der Waals surface area (Å²) < 4.78 is 0. The Hall–Kier alpha value is -4.66. The molecule has 0 fully saturated rings. The number of hydrazine groups is 1. The number of aliphatic imine (C=N–C) groups is 1. The van der Waals surface area contributed by atoms with Gasteiger partial charge in [-0.3, -0.25) is 14.6 Å². The number of nitrogens with zero attached hydrogens (tertiary/aromatic N) is 2. The Kier molecular flexibility index (Phi) is 9.16. The van der Waals surface area contributed by atoms with E-state index in [-0.39, 0.29) is 11.8 Å². The van der Waals surface area contributed by atoms with Gasteiger partial charge in [-0.15, -0.1) is 0 Å². The van der Waals surface area contributed by atoms with E-state index in [9.17, 15) is 9.59 Å². The van der Waals surface area contributed by atoms with Crippen LogP contribution in [-0.4, -0.2) is 22.7 Å². The molecule has 0 saturated carbocycles. The predicted octanol–water partition coefficient (Wildman–Crippen LogP) is 5.36. The standard InChI is InChI=1S/C31H31ClN6O2/c1-4-20(2)30-37-28(26-7-5-6-8-27(26)32)17-29(38(30)33)34-18-22-9-11-23(12-10-22)19-35-31(40)24-13-15-25(16-14-24)36-21(3)39/h4-17,37H,1,18-19,33H2,2-3H3,(H,35,40)(H,36,39)/b30-20-,34-29?. The number of carbonyl (C=O) groups excluding carboxylic acids is 2. The predicted molar refractivity (Wildman–Crippen MR) is 161 cm³/mol. The summed E-state index contributed by atoms with van der Waals surface area (Å²) >= 11 is 6.45. The normalized spacial score (nSPS) is 15.2. The van der Waals surface area contributed by atoms with Gasteiger partial charge in [0.25, 0.3) is 5.91 Å². The van der Waals surface area contributed by atoms with Crippen molar-refractivity contribution in [2.24, 2.45) is 10.8 Å². The molecule has 40 heavy (non-hydrogen) atoms. The number of benzene rings is 3. The molecule has 0 saturated heterocycles. The summed E-state index contributed by atoms with van der Waals surface area (Å²) in [5.74, 6) is 7.30. The van der Waals surface area contributed by atoms with Crippen molar-refractivity contribution >= 4 is 40.6 Å². The lowest BCUT2D eigenvalue weighted by Gasteiger charge is -2.31. The van der Waals surface area contributed by atoms with Crippen molar-refractivity contribution in [2.45, 2.75) is 26.9 Å². The fourth-order valence-electron chi connectivity index (χ4n) is 4.00. The monoisotopic (exact) mass is 554 g/mol. The minimum atomic E-state index is -0.196. The minimum absolute atomic E-state index is 0.161. The molecule has 1 aliphatic rings. The molecule has 5 N–H and O–H groups in total. The number of nitrogens with one attached hydrogen (secondary N) is 3. The van der Waals surface area contributed by atoms with Crippen molar-refractivity contribution < 1.29 is 9.59 Å². The van der Waals surface area contributed by atoms with Crippen LogP contribution >= 0.6 is 11.6 Å². The molecule has 3 aromatic carbocycles. The number of carbonyl (C=O) groups is 2. The lowest BCUT2D eigenvalue weighted by molar-refractivity contribution is -0.114. The maximum atomic E-state index is 12.5. The molecule has 0 atom stereocenters. The van der Waals surface area contributed by atoms with Crippen molar-refractivity contribution in [1.82, 2.24) is 15.6 Å². The van der Waals surface area contributed by atoms with Gasteiger partial charge in [-0.25, -0.2) is 10.9 Å². The molecule has 0 radical (unpaired) electrons. The molecule has 2 amide bonds. The Bertz CT molecular complexity index is 1510. The van der Waals surface area contributed by atoms with Gasteiger partial charge in [0.2, 0.25) is 5.91 Å². The van der Waals surface area contributed by atoms with E-state index in [0.717, 1.165) is 28.0 Å². The van der Waals surface area contributed by atoms with Gasteiger partial charge in [0.05, 0.1) is 12.2 Å². The maximum Gasteiger partial charge on any atom is 0.251 e. The first-order chi connectivity index (χ1) is 19.2. The van der Waals surface area contributed by atoms with Crippen LogP contribution in [0.2, 0.25) is 5.02 Å². The average Bonchev–Trinajstić information content (AvgIpc) is 2.96. The summed E-state index contributed by atoms with van der Waals surface area (Å²) in [4.78, 5) is 28.4. The van der Waals surface area contributed by atoms with Crippen molar-refractivity contribution in [3.63, 3.8) is 0 Å². The van der Waals surface area contributed by atoms with E-state index in [1.165, 1.54) is 11.9 Å². The summed E-state index contributed by atoms with van der Waals surface area (Å²) in [6, 6.07) is 22.2. The molecule has 0 spiro atoms. The van der Waals surface area contributed by atoms with Gasteiger partial charge < -0.3 is 16.0 Å². The van der Waals surface area contributed by atoms with E-state index in [0.29, 0.717) is 41.0 Å². The van der Waals surface area contributed by atoms with E-state index in [1.54, 1.807) is 30.3 Å². The van der Waals surface area contributed by atoms with Crippen LogP contribution in [0.4, 0.5) is 5.69 Å². The number of hydrogen-bond donors (Lipinski definition) is 4. The molecule has 1 heterocycles. The molecule has 0 unspecified atom stereocenters. The molecule has 0 aliphatic carbocycles. The summed E-state index contributed by atoms with van der Waals surface area (Å²) in [7, 11) is 0. The number of nitrogens with two attached hydrogens (primary N) is 1. The molecule has 8 nitrogen and oxygen atoms in total. The quantitative estimate of drug-likeness (QED) is 0.280. The van der Waals surface area contributed by atoms with E-state index >= 15 is 0 Å².